The molecular formula is C13H20BrN3O. The van der Waals surface area contributed by atoms with Gasteiger partial charge in [0.25, 0.3) is 0 Å². The lowest BCUT2D eigenvalue weighted by Gasteiger charge is -2.15. The molecule has 100 valence electrons. The third-order valence-electron chi connectivity index (χ3n) is 3.28. The topological polar surface area (TPSA) is 47.0 Å². The van der Waals surface area contributed by atoms with Crippen LogP contribution in [0, 0.1) is 0 Å². The normalized spacial score (nSPS) is 16.2. The Hall–Kier alpha value is -0.680. The van der Waals surface area contributed by atoms with Gasteiger partial charge in [0.2, 0.25) is 0 Å². The van der Waals surface area contributed by atoms with Gasteiger partial charge < -0.3 is 10.1 Å². The molecular weight excluding hydrogens is 294 g/mol. The number of ether oxygens (including phenoxy) is 1. The number of methoxy groups -OCH3 is 1. The molecule has 1 heterocycles. The van der Waals surface area contributed by atoms with E-state index in [1.54, 1.807) is 7.11 Å². The molecule has 4 nitrogen and oxygen atoms in total. The fraction of sp³-hybridized carbons (Fsp3) is 0.692. The number of rotatable bonds is 5. The van der Waals surface area contributed by atoms with Crippen molar-refractivity contribution in [3.05, 3.63) is 16.0 Å². The average Bonchev–Trinajstić information content (AvgIpc) is 2.87. The average molecular weight is 314 g/mol. The fourth-order valence-corrected chi connectivity index (χ4v) is 3.10. The summed E-state index contributed by atoms with van der Waals surface area (Å²) in [5, 5.41) is 3.28. The highest BCUT2D eigenvalue weighted by atomic mass is 79.9. The van der Waals surface area contributed by atoms with Gasteiger partial charge >= 0.3 is 0 Å². The van der Waals surface area contributed by atoms with Crippen molar-refractivity contribution in [2.45, 2.75) is 45.1 Å². The molecule has 0 amide bonds. The van der Waals surface area contributed by atoms with Crippen LogP contribution in [-0.4, -0.2) is 23.6 Å². The first-order valence-corrected chi connectivity index (χ1v) is 7.34. The summed E-state index contributed by atoms with van der Waals surface area (Å²) < 4.78 is 6.17. The molecule has 0 unspecified atom stereocenters. The molecule has 1 aliphatic rings. The summed E-state index contributed by atoms with van der Waals surface area (Å²) in [5.41, 5.74) is 1.14. The second-order valence-corrected chi connectivity index (χ2v) is 5.43. The Morgan fingerprint density at radius 2 is 2.06 bits per heavy atom. The molecule has 1 fully saturated rings. The van der Waals surface area contributed by atoms with Crippen LogP contribution in [0.1, 0.15) is 50.0 Å². The van der Waals surface area contributed by atoms with Gasteiger partial charge in [-0.3, -0.25) is 0 Å². The number of nitrogens with one attached hydrogen (secondary N) is 1. The monoisotopic (exact) mass is 313 g/mol. The molecule has 1 N–H and O–H groups in total. The van der Waals surface area contributed by atoms with Gasteiger partial charge in [0.05, 0.1) is 10.2 Å². The Labute approximate surface area is 117 Å². The van der Waals surface area contributed by atoms with E-state index >= 15 is 0 Å². The fourth-order valence-electron chi connectivity index (χ4n) is 2.46. The van der Waals surface area contributed by atoms with E-state index in [1.807, 2.05) is 0 Å². The second-order valence-electron chi connectivity index (χ2n) is 4.63. The molecule has 0 bridgehead atoms. The highest BCUT2D eigenvalue weighted by Crippen LogP contribution is 2.38. The Morgan fingerprint density at radius 3 is 2.67 bits per heavy atom. The lowest BCUT2D eigenvalue weighted by Crippen LogP contribution is -2.10. The van der Waals surface area contributed by atoms with Crippen molar-refractivity contribution >= 4 is 21.7 Å². The maximum absolute atomic E-state index is 5.15. The van der Waals surface area contributed by atoms with E-state index in [2.05, 4.69) is 38.1 Å². The minimum absolute atomic E-state index is 0.464. The zero-order chi connectivity index (χ0) is 13.0. The van der Waals surface area contributed by atoms with Gasteiger partial charge in [0.15, 0.2) is 5.82 Å². The summed E-state index contributed by atoms with van der Waals surface area (Å²) in [5.74, 6) is 2.22. The zero-order valence-electron chi connectivity index (χ0n) is 11.0. The lowest BCUT2D eigenvalue weighted by atomic mass is 10.0. The third kappa shape index (κ3) is 3.01. The van der Waals surface area contributed by atoms with Crippen LogP contribution in [0.15, 0.2) is 4.47 Å². The van der Waals surface area contributed by atoms with Gasteiger partial charge in [-0.15, -0.1) is 0 Å². The van der Waals surface area contributed by atoms with Gasteiger partial charge in [0, 0.05) is 19.6 Å². The largest absolute Gasteiger partial charge is 0.377 e. The standard InChI is InChI=1S/C13H20BrN3O/c1-3-15-13-11(14)12(9-6-4-5-7-9)16-10(17-13)8-18-2/h9H,3-8H2,1-2H3,(H,15,16,17). The molecule has 0 spiro atoms. The van der Waals surface area contributed by atoms with Gasteiger partial charge in [-0.1, -0.05) is 12.8 Å². The predicted octanol–water partition coefficient (Wildman–Crippen LogP) is 3.47. The van der Waals surface area contributed by atoms with Crippen LogP contribution in [-0.2, 0) is 11.3 Å². The molecule has 0 saturated heterocycles. The third-order valence-corrected chi connectivity index (χ3v) is 4.06. The van der Waals surface area contributed by atoms with Crippen molar-refractivity contribution in [1.29, 1.82) is 0 Å². The van der Waals surface area contributed by atoms with Crippen LogP contribution >= 0.6 is 15.9 Å². The Morgan fingerprint density at radius 1 is 1.33 bits per heavy atom. The lowest BCUT2D eigenvalue weighted by molar-refractivity contribution is 0.177. The van der Waals surface area contributed by atoms with E-state index in [1.165, 1.54) is 25.7 Å². The van der Waals surface area contributed by atoms with Gasteiger partial charge in [-0.05, 0) is 35.7 Å². The first kappa shape index (κ1) is 13.7. The van der Waals surface area contributed by atoms with Crippen molar-refractivity contribution in [2.24, 2.45) is 0 Å². The van der Waals surface area contributed by atoms with Crippen molar-refractivity contribution in [2.75, 3.05) is 19.0 Å². The number of halogens is 1. The molecule has 1 saturated carbocycles. The molecule has 1 aromatic heterocycles. The van der Waals surface area contributed by atoms with Crippen LogP contribution in [0.25, 0.3) is 0 Å². The molecule has 18 heavy (non-hydrogen) atoms. The summed E-state index contributed by atoms with van der Waals surface area (Å²) in [6, 6.07) is 0. The molecule has 0 radical (unpaired) electrons. The van der Waals surface area contributed by atoms with E-state index in [0.29, 0.717) is 12.5 Å². The van der Waals surface area contributed by atoms with Crippen LogP contribution < -0.4 is 5.32 Å². The summed E-state index contributed by atoms with van der Waals surface area (Å²) in [6.07, 6.45) is 5.07. The Kier molecular flexibility index (Phi) is 4.95. The van der Waals surface area contributed by atoms with Gasteiger partial charge in [-0.25, -0.2) is 9.97 Å². The highest BCUT2D eigenvalue weighted by Gasteiger charge is 2.23. The highest BCUT2D eigenvalue weighted by molar-refractivity contribution is 9.10. The predicted molar refractivity (Wildman–Crippen MR) is 75.8 cm³/mol. The molecule has 0 aliphatic heterocycles. The van der Waals surface area contributed by atoms with Crippen LogP contribution in [0.4, 0.5) is 5.82 Å². The number of aromatic nitrogens is 2. The summed E-state index contributed by atoms with van der Waals surface area (Å²) in [6.45, 7) is 3.39. The van der Waals surface area contributed by atoms with Gasteiger partial charge in [-0.2, -0.15) is 0 Å². The SMILES string of the molecule is CCNc1nc(COC)nc(C2CCCC2)c1Br. The number of hydrogen-bond donors (Lipinski definition) is 1. The Balaban J connectivity index is 2.35. The number of nitrogens with zero attached hydrogens (tertiary/aromatic N) is 2. The van der Waals surface area contributed by atoms with Gasteiger partial charge in [0.1, 0.15) is 12.4 Å². The molecule has 5 heteroatoms. The molecule has 0 atom stereocenters. The summed E-state index contributed by atoms with van der Waals surface area (Å²) >= 11 is 3.65. The minimum Gasteiger partial charge on any atom is -0.377 e. The molecule has 2 rings (SSSR count). The first-order valence-electron chi connectivity index (χ1n) is 6.55. The van der Waals surface area contributed by atoms with Crippen molar-refractivity contribution in [3.8, 4) is 0 Å². The second kappa shape index (κ2) is 6.48. The van der Waals surface area contributed by atoms with Crippen LogP contribution in [0.5, 0.6) is 0 Å². The van der Waals surface area contributed by atoms with E-state index in [0.717, 1.165) is 28.4 Å². The molecule has 0 aromatic carbocycles. The maximum Gasteiger partial charge on any atom is 0.156 e. The Bertz CT molecular complexity index is 405. The quantitative estimate of drug-likeness (QED) is 0.904. The molecule has 1 aliphatic carbocycles. The van der Waals surface area contributed by atoms with Crippen LogP contribution in [0.3, 0.4) is 0 Å². The minimum atomic E-state index is 0.464. The summed E-state index contributed by atoms with van der Waals surface area (Å²) in [7, 11) is 1.67. The van der Waals surface area contributed by atoms with E-state index in [-0.39, 0.29) is 0 Å². The smallest absolute Gasteiger partial charge is 0.156 e. The number of anilines is 1. The number of hydrogen-bond acceptors (Lipinski definition) is 4. The summed E-state index contributed by atoms with van der Waals surface area (Å²) in [4.78, 5) is 9.15. The van der Waals surface area contributed by atoms with Crippen molar-refractivity contribution < 1.29 is 4.74 Å². The van der Waals surface area contributed by atoms with E-state index in [9.17, 15) is 0 Å². The van der Waals surface area contributed by atoms with Crippen LogP contribution in [0.2, 0.25) is 0 Å². The zero-order valence-corrected chi connectivity index (χ0v) is 12.6. The first-order chi connectivity index (χ1) is 8.76. The van der Waals surface area contributed by atoms with Crippen molar-refractivity contribution in [3.63, 3.8) is 0 Å². The van der Waals surface area contributed by atoms with E-state index in [4.69, 9.17) is 4.74 Å². The van der Waals surface area contributed by atoms with E-state index < -0.39 is 0 Å². The maximum atomic E-state index is 5.15. The molecule has 1 aromatic rings. The van der Waals surface area contributed by atoms with Crippen molar-refractivity contribution in [1.82, 2.24) is 9.97 Å².